The molecule has 1 aromatic heterocycles. The molecule has 2 heterocycles. The Balaban J connectivity index is 1.89. The van der Waals surface area contributed by atoms with Crippen LogP contribution in [0.1, 0.15) is 38.0 Å². The van der Waals surface area contributed by atoms with Gasteiger partial charge in [0.2, 0.25) is 0 Å². The molecular weight excluding hydrogens is 230 g/mol. The number of likely N-dealkylation sites (tertiary alicyclic amines) is 1. The van der Waals surface area contributed by atoms with Gasteiger partial charge < -0.3 is 0 Å². The Morgan fingerprint density at radius 2 is 2.12 bits per heavy atom. The second-order valence-corrected chi connectivity index (χ2v) is 6.29. The summed E-state index contributed by atoms with van der Waals surface area (Å²) in [7, 11) is 0. The van der Waals surface area contributed by atoms with E-state index >= 15 is 0 Å². The molecule has 1 aromatic rings. The Hall–Kier alpha value is -0.670. The van der Waals surface area contributed by atoms with E-state index in [0.29, 0.717) is 12.2 Å². The van der Waals surface area contributed by atoms with Gasteiger partial charge in [-0.2, -0.15) is 0 Å². The summed E-state index contributed by atoms with van der Waals surface area (Å²) in [5.41, 5.74) is -0.270. The molecular formula is C14H21NOS. The summed E-state index contributed by atoms with van der Waals surface area (Å²) in [5, 5.41) is 2.07. The van der Waals surface area contributed by atoms with Crippen LogP contribution in [0.2, 0.25) is 0 Å². The fourth-order valence-corrected chi connectivity index (χ4v) is 3.16. The standard InChI is InChI=1S/C14H21NOS/c1-14(2,15-9-3-4-10-15)13(16)8-7-12-6-5-11-17-12/h5-6,11H,3-4,7-10H2,1-2H3. The van der Waals surface area contributed by atoms with Crippen LogP contribution in [-0.4, -0.2) is 29.3 Å². The van der Waals surface area contributed by atoms with Crippen molar-refractivity contribution < 1.29 is 4.79 Å². The van der Waals surface area contributed by atoms with Crippen molar-refractivity contribution >= 4 is 17.1 Å². The fourth-order valence-electron chi connectivity index (χ4n) is 2.45. The summed E-state index contributed by atoms with van der Waals surface area (Å²) in [4.78, 5) is 16.0. The lowest BCUT2D eigenvalue weighted by Crippen LogP contribution is -2.48. The van der Waals surface area contributed by atoms with Crippen molar-refractivity contribution in [3.05, 3.63) is 22.4 Å². The molecule has 3 heteroatoms. The van der Waals surface area contributed by atoms with E-state index in [-0.39, 0.29) is 5.54 Å². The van der Waals surface area contributed by atoms with E-state index in [4.69, 9.17) is 0 Å². The summed E-state index contributed by atoms with van der Waals surface area (Å²) in [6.45, 7) is 6.32. The van der Waals surface area contributed by atoms with Crippen LogP contribution < -0.4 is 0 Å². The first-order valence-electron chi connectivity index (χ1n) is 6.41. The molecule has 0 aliphatic carbocycles. The van der Waals surface area contributed by atoms with Gasteiger partial charge in [0.1, 0.15) is 0 Å². The Morgan fingerprint density at radius 3 is 2.71 bits per heavy atom. The van der Waals surface area contributed by atoms with Crippen LogP contribution in [0.5, 0.6) is 0 Å². The number of rotatable bonds is 5. The maximum Gasteiger partial charge on any atom is 0.152 e. The lowest BCUT2D eigenvalue weighted by molar-refractivity contribution is -0.128. The van der Waals surface area contributed by atoms with Crippen LogP contribution >= 0.6 is 11.3 Å². The van der Waals surface area contributed by atoms with Gasteiger partial charge in [0.05, 0.1) is 5.54 Å². The Morgan fingerprint density at radius 1 is 1.41 bits per heavy atom. The molecule has 0 N–H and O–H groups in total. The number of hydrogen-bond donors (Lipinski definition) is 0. The minimum atomic E-state index is -0.270. The third-order valence-electron chi connectivity index (χ3n) is 3.76. The molecule has 2 nitrogen and oxygen atoms in total. The molecule has 0 unspecified atom stereocenters. The first-order chi connectivity index (χ1) is 8.10. The highest BCUT2D eigenvalue weighted by Gasteiger charge is 2.35. The molecule has 1 saturated heterocycles. The molecule has 0 amide bonds. The molecule has 2 rings (SSSR count). The van der Waals surface area contributed by atoms with Gasteiger partial charge in [0.15, 0.2) is 5.78 Å². The van der Waals surface area contributed by atoms with Gasteiger partial charge in [-0.05, 0) is 57.6 Å². The van der Waals surface area contributed by atoms with Crippen molar-refractivity contribution in [1.82, 2.24) is 4.90 Å². The monoisotopic (exact) mass is 251 g/mol. The maximum atomic E-state index is 12.3. The van der Waals surface area contributed by atoms with Gasteiger partial charge in [-0.3, -0.25) is 9.69 Å². The van der Waals surface area contributed by atoms with Gasteiger partial charge in [-0.1, -0.05) is 6.07 Å². The summed E-state index contributed by atoms with van der Waals surface area (Å²) >= 11 is 1.74. The molecule has 0 atom stereocenters. The summed E-state index contributed by atoms with van der Waals surface area (Å²) in [6.07, 6.45) is 4.04. The number of carbonyl (C=O) groups is 1. The van der Waals surface area contributed by atoms with Crippen molar-refractivity contribution in [2.24, 2.45) is 0 Å². The van der Waals surface area contributed by atoms with Crippen molar-refractivity contribution in [3.8, 4) is 0 Å². The van der Waals surface area contributed by atoms with Crippen molar-refractivity contribution in [1.29, 1.82) is 0 Å². The first kappa shape index (κ1) is 12.8. The van der Waals surface area contributed by atoms with E-state index < -0.39 is 0 Å². The normalized spacial score (nSPS) is 17.5. The van der Waals surface area contributed by atoms with Crippen LogP contribution in [0.3, 0.4) is 0 Å². The zero-order chi connectivity index (χ0) is 12.3. The second kappa shape index (κ2) is 5.32. The van der Waals surface area contributed by atoms with E-state index in [2.05, 4.69) is 36.3 Å². The quantitative estimate of drug-likeness (QED) is 0.801. The van der Waals surface area contributed by atoms with Crippen LogP contribution in [-0.2, 0) is 11.2 Å². The molecule has 0 bridgehead atoms. The molecule has 17 heavy (non-hydrogen) atoms. The van der Waals surface area contributed by atoms with Crippen molar-refractivity contribution in [3.63, 3.8) is 0 Å². The highest BCUT2D eigenvalue weighted by Crippen LogP contribution is 2.24. The topological polar surface area (TPSA) is 20.3 Å². The number of carbonyl (C=O) groups excluding carboxylic acids is 1. The smallest absolute Gasteiger partial charge is 0.152 e. The number of Topliss-reactive ketones (excluding diaryl/α,β-unsaturated/α-hetero) is 1. The van der Waals surface area contributed by atoms with Gasteiger partial charge in [0, 0.05) is 11.3 Å². The Labute approximate surface area is 108 Å². The summed E-state index contributed by atoms with van der Waals surface area (Å²) in [5.74, 6) is 0.382. The van der Waals surface area contributed by atoms with Crippen LogP contribution in [0.25, 0.3) is 0 Å². The highest BCUT2D eigenvalue weighted by atomic mass is 32.1. The molecule has 1 fully saturated rings. The van der Waals surface area contributed by atoms with Gasteiger partial charge in [-0.15, -0.1) is 11.3 Å². The number of thiophene rings is 1. The zero-order valence-corrected chi connectivity index (χ0v) is 11.6. The van der Waals surface area contributed by atoms with E-state index in [0.717, 1.165) is 19.5 Å². The lowest BCUT2D eigenvalue weighted by Gasteiger charge is -2.33. The first-order valence-corrected chi connectivity index (χ1v) is 7.29. The predicted octanol–water partition coefficient (Wildman–Crippen LogP) is 3.12. The average Bonchev–Trinajstić information content (AvgIpc) is 2.98. The van der Waals surface area contributed by atoms with Crippen LogP contribution in [0, 0.1) is 0 Å². The highest BCUT2D eigenvalue weighted by molar-refractivity contribution is 7.09. The lowest BCUT2D eigenvalue weighted by atomic mass is 9.93. The second-order valence-electron chi connectivity index (χ2n) is 5.26. The van der Waals surface area contributed by atoms with Crippen molar-refractivity contribution in [2.45, 2.75) is 45.1 Å². The van der Waals surface area contributed by atoms with Gasteiger partial charge >= 0.3 is 0 Å². The molecule has 0 saturated carbocycles. The van der Waals surface area contributed by atoms with Crippen molar-refractivity contribution in [2.75, 3.05) is 13.1 Å². The maximum absolute atomic E-state index is 12.3. The van der Waals surface area contributed by atoms with E-state index in [1.807, 2.05) is 0 Å². The Kier molecular flexibility index (Phi) is 4.00. The number of hydrogen-bond acceptors (Lipinski definition) is 3. The molecule has 0 aromatic carbocycles. The Bertz CT molecular complexity index is 364. The third kappa shape index (κ3) is 2.96. The van der Waals surface area contributed by atoms with Gasteiger partial charge in [-0.25, -0.2) is 0 Å². The molecule has 94 valence electrons. The largest absolute Gasteiger partial charge is 0.298 e. The minimum absolute atomic E-state index is 0.270. The molecule has 1 aliphatic heterocycles. The number of nitrogens with zero attached hydrogens (tertiary/aromatic N) is 1. The SMILES string of the molecule is CC(C)(C(=O)CCc1cccs1)N1CCCC1. The van der Waals surface area contributed by atoms with E-state index in [9.17, 15) is 4.79 Å². The van der Waals surface area contributed by atoms with Crippen LogP contribution in [0.15, 0.2) is 17.5 Å². The summed E-state index contributed by atoms with van der Waals surface area (Å²) < 4.78 is 0. The number of ketones is 1. The van der Waals surface area contributed by atoms with E-state index in [1.165, 1.54) is 17.7 Å². The van der Waals surface area contributed by atoms with Gasteiger partial charge in [0.25, 0.3) is 0 Å². The van der Waals surface area contributed by atoms with E-state index in [1.54, 1.807) is 11.3 Å². The predicted molar refractivity (Wildman–Crippen MR) is 72.5 cm³/mol. The average molecular weight is 251 g/mol. The fraction of sp³-hybridized carbons (Fsp3) is 0.643. The molecule has 0 radical (unpaired) electrons. The zero-order valence-electron chi connectivity index (χ0n) is 10.7. The third-order valence-corrected chi connectivity index (χ3v) is 4.69. The van der Waals surface area contributed by atoms with Crippen LogP contribution in [0.4, 0.5) is 0 Å². The minimum Gasteiger partial charge on any atom is -0.298 e. The summed E-state index contributed by atoms with van der Waals surface area (Å²) in [6, 6.07) is 4.16. The molecule has 1 aliphatic rings. The number of aryl methyl sites for hydroxylation is 1. The molecule has 0 spiro atoms.